The Bertz CT molecular complexity index is 864. The van der Waals surface area contributed by atoms with Crippen molar-refractivity contribution in [3.8, 4) is 5.75 Å². The number of para-hydroxylation sites is 2. The zero-order chi connectivity index (χ0) is 19.9. The second-order valence-corrected chi connectivity index (χ2v) is 7.97. The zero-order valence-corrected chi connectivity index (χ0v) is 16.7. The van der Waals surface area contributed by atoms with E-state index in [9.17, 15) is 13.2 Å². The van der Waals surface area contributed by atoms with Crippen molar-refractivity contribution in [1.82, 2.24) is 4.72 Å². The number of ether oxygens (including phenoxy) is 1. The van der Waals surface area contributed by atoms with Gasteiger partial charge in [-0.15, -0.1) is 0 Å². The van der Waals surface area contributed by atoms with Crippen LogP contribution in [0.15, 0.2) is 53.4 Å². The Morgan fingerprint density at radius 2 is 1.74 bits per heavy atom. The number of carbonyl (C=O) groups excluding carboxylic acids is 1. The highest BCUT2D eigenvalue weighted by atomic mass is 32.2. The summed E-state index contributed by atoms with van der Waals surface area (Å²) in [5.41, 5.74) is 0.939. The molecule has 0 fully saturated rings. The van der Waals surface area contributed by atoms with E-state index >= 15 is 0 Å². The van der Waals surface area contributed by atoms with Crippen molar-refractivity contribution < 1.29 is 17.9 Å². The summed E-state index contributed by atoms with van der Waals surface area (Å²) in [5.74, 6) is 0.269. The van der Waals surface area contributed by atoms with E-state index in [0.717, 1.165) is 6.42 Å². The van der Waals surface area contributed by atoms with Crippen LogP contribution in [0.2, 0.25) is 0 Å². The van der Waals surface area contributed by atoms with Crippen molar-refractivity contribution in [2.24, 2.45) is 0 Å². The van der Waals surface area contributed by atoms with Gasteiger partial charge in [-0.05, 0) is 56.2 Å². The summed E-state index contributed by atoms with van der Waals surface area (Å²) in [4.78, 5) is 12.6. The molecule has 2 aromatic carbocycles. The average molecular weight is 391 g/mol. The molecule has 2 aromatic rings. The molecule has 1 atom stereocenters. The summed E-state index contributed by atoms with van der Waals surface area (Å²) in [6.45, 7) is 6.27. The number of carbonyl (C=O) groups is 1. The summed E-state index contributed by atoms with van der Waals surface area (Å²) in [7, 11) is -3.59. The molecule has 0 aliphatic rings. The maximum absolute atomic E-state index is 12.5. The van der Waals surface area contributed by atoms with E-state index in [-0.39, 0.29) is 16.8 Å². The van der Waals surface area contributed by atoms with Crippen LogP contribution in [0.4, 0.5) is 5.69 Å². The average Bonchev–Trinajstić information content (AvgIpc) is 2.67. The second kappa shape index (κ2) is 9.53. The molecule has 0 spiro atoms. The molecule has 2 N–H and O–H groups in total. The molecule has 0 aliphatic heterocycles. The third kappa shape index (κ3) is 5.80. The van der Waals surface area contributed by atoms with Crippen molar-refractivity contribution >= 4 is 21.6 Å². The minimum Gasteiger partial charge on any atom is -0.491 e. The van der Waals surface area contributed by atoms with Gasteiger partial charge in [0.15, 0.2) is 0 Å². The second-order valence-electron chi connectivity index (χ2n) is 6.25. The quantitative estimate of drug-likeness (QED) is 0.682. The van der Waals surface area contributed by atoms with Crippen LogP contribution < -0.4 is 14.8 Å². The van der Waals surface area contributed by atoms with E-state index in [1.807, 2.05) is 26.0 Å². The lowest BCUT2D eigenvalue weighted by Gasteiger charge is -2.13. The fraction of sp³-hybridized carbons (Fsp3) is 0.350. The molecule has 0 saturated heterocycles. The molecule has 0 saturated carbocycles. The van der Waals surface area contributed by atoms with Gasteiger partial charge in [-0.2, -0.15) is 0 Å². The normalized spacial score (nSPS) is 12.4. The molecule has 0 bridgehead atoms. The first-order valence-electron chi connectivity index (χ1n) is 9.03. The van der Waals surface area contributed by atoms with E-state index in [0.29, 0.717) is 30.0 Å². The molecule has 1 unspecified atom stereocenters. The molecule has 1 amide bonds. The number of hydrogen-bond acceptors (Lipinski definition) is 4. The highest BCUT2D eigenvalue weighted by Gasteiger charge is 2.17. The van der Waals surface area contributed by atoms with Crippen molar-refractivity contribution in [3.63, 3.8) is 0 Å². The van der Waals surface area contributed by atoms with E-state index in [1.54, 1.807) is 19.1 Å². The minimum atomic E-state index is -3.59. The van der Waals surface area contributed by atoms with Gasteiger partial charge in [-0.1, -0.05) is 26.0 Å². The molecular weight excluding hydrogens is 364 g/mol. The van der Waals surface area contributed by atoms with E-state index < -0.39 is 10.0 Å². The van der Waals surface area contributed by atoms with Crippen molar-refractivity contribution in [2.75, 3.05) is 11.9 Å². The number of rotatable bonds is 9. The lowest BCUT2D eigenvalue weighted by molar-refractivity contribution is 0.102. The van der Waals surface area contributed by atoms with Crippen LogP contribution in [0.3, 0.4) is 0 Å². The van der Waals surface area contributed by atoms with E-state index in [1.165, 1.54) is 24.3 Å². The number of anilines is 1. The molecule has 27 heavy (non-hydrogen) atoms. The molecule has 2 rings (SSSR count). The lowest BCUT2D eigenvalue weighted by atomic mass is 10.2. The molecule has 6 nitrogen and oxygen atoms in total. The molecule has 0 heterocycles. The summed E-state index contributed by atoms with van der Waals surface area (Å²) < 4.78 is 32.8. The maximum Gasteiger partial charge on any atom is 0.255 e. The Morgan fingerprint density at radius 3 is 2.37 bits per heavy atom. The molecule has 0 aromatic heterocycles. The van der Waals surface area contributed by atoms with Gasteiger partial charge in [0.1, 0.15) is 5.75 Å². The van der Waals surface area contributed by atoms with Crippen molar-refractivity contribution in [2.45, 2.75) is 44.6 Å². The van der Waals surface area contributed by atoms with Crippen LogP contribution >= 0.6 is 0 Å². The Kier molecular flexibility index (Phi) is 7.38. The fourth-order valence-corrected chi connectivity index (χ4v) is 3.63. The van der Waals surface area contributed by atoms with Crippen LogP contribution in [0, 0.1) is 0 Å². The zero-order valence-electron chi connectivity index (χ0n) is 15.9. The Balaban J connectivity index is 2.13. The topological polar surface area (TPSA) is 84.5 Å². The molecule has 0 radical (unpaired) electrons. The van der Waals surface area contributed by atoms with E-state index in [4.69, 9.17) is 4.74 Å². The summed E-state index contributed by atoms with van der Waals surface area (Å²) in [5, 5.41) is 2.81. The standard InChI is InChI=1S/C20H26N2O4S/c1-4-14-26-19-9-7-6-8-18(19)21-20(23)16-10-12-17(13-11-16)27(24,25)22-15(3)5-2/h6-13,15,22H,4-5,14H2,1-3H3,(H,21,23). The Morgan fingerprint density at radius 1 is 1.07 bits per heavy atom. The third-order valence-corrected chi connectivity index (χ3v) is 5.60. The van der Waals surface area contributed by atoms with Gasteiger partial charge in [-0.3, -0.25) is 4.79 Å². The van der Waals surface area contributed by atoms with E-state index in [2.05, 4.69) is 10.0 Å². The van der Waals surface area contributed by atoms with Crippen LogP contribution in [0.5, 0.6) is 5.75 Å². The SMILES string of the molecule is CCCOc1ccccc1NC(=O)c1ccc(S(=O)(=O)NC(C)CC)cc1. The van der Waals surface area contributed by atoms with Gasteiger partial charge in [0, 0.05) is 11.6 Å². The van der Waals surface area contributed by atoms with Crippen LogP contribution in [-0.4, -0.2) is 27.0 Å². The van der Waals surface area contributed by atoms with Gasteiger partial charge >= 0.3 is 0 Å². The number of amides is 1. The first kappa shape index (κ1) is 20.9. The van der Waals surface area contributed by atoms with Gasteiger partial charge < -0.3 is 10.1 Å². The number of nitrogens with one attached hydrogen (secondary N) is 2. The van der Waals surface area contributed by atoms with Gasteiger partial charge in [0.25, 0.3) is 5.91 Å². The molecular formula is C20H26N2O4S. The smallest absolute Gasteiger partial charge is 0.255 e. The first-order valence-corrected chi connectivity index (χ1v) is 10.5. The van der Waals surface area contributed by atoms with Gasteiger partial charge in [0.2, 0.25) is 10.0 Å². The third-order valence-electron chi connectivity index (χ3n) is 3.99. The Labute approximate surface area is 161 Å². The molecule has 0 aliphatic carbocycles. The minimum absolute atomic E-state index is 0.131. The van der Waals surface area contributed by atoms with Crippen LogP contribution in [-0.2, 0) is 10.0 Å². The lowest BCUT2D eigenvalue weighted by Crippen LogP contribution is -2.32. The van der Waals surface area contributed by atoms with Crippen LogP contribution in [0.1, 0.15) is 44.0 Å². The van der Waals surface area contributed by atoms with Crippen molar-refractivity contribution in [1.29, 1.82) is 0 Å². The fourth-order valence-electron chi connectivity index (χ4n) is 2.30. The highest BCUT2D eigenvalue weighted by molar-refractivity contribution is 7.89. The van der Waals surface area contributed by atoms with Crippen LogP contribution in [0.25, 0.3) is 0 Å². The number of hydrogen-bond donors (Lipinski definition) is 2. The van der Waals surface area contributed by atoms with Gasteiger partial charge in [-0.25, -0.2) is 13.1 Å². The predicted molar refractivity (Wildman–Crippen MR) is 107 cm³/mol. The Hall–Kier alpha value is -2.38. The monoisotopic (exact) mass is 390 g/mol. The maximum atomic E-state index is 12.5. The highest BCUT2D eigenvalue weighted by Crippen LogP contribution is 2.24. The number of benzene rings is 2. The summed E-state index contributed by atoms with van der Waals surface area (Å²) in [6, 6.07) is 12.9. The molecule has 7 heteroatoms. The summed E-state index contributed by atoms with van der Waals surface area (Å²) >= 11 is 0. The molecule has 146 valence electrons. The van der Waals surface area contributed by atoms with Gasteiger partial charge in [0.05, 0.1) is 17.2 Å². The number of sulfonamides is 1. The predicted octanol–water partition coefficient (Wildman–Crippen LogP) is 3.80. The summed E-state index contributed by atoms with van der Waals surface area (Å²) in [6.07, 6.45) is 1.56. The van der Waals surface area contributed by atoms with Crippen molar-refractivity contribution in [3.05, 3.63) is 54.1 Å². The first-order chi connectivity index (χ1) is 12.9. The largest absolute Gasteiger partial charge is 0.491 e.